The summed E-state index contributed by atoms with van der Waals surface area (Å²) in [5.74, 6) is 0.177. The van der Waals surface area contributed by atoms with Crippen molar-refractivity contribution in [2.45, 2.75) is 46.0 Å². The van der Waals surface area contributed by atoms with Gasteiger partial charge in [0.1, 0.15) is 0 Å². The maximum Gasteiger partial charge on any atom is 0.313 e. The van der Waals surface area contributed by atoms with Crippen LogP contribution in [0.15, 0.2) is 30.3 Å². The van der Waals surface area contributed by atoms with Crippen LogP contribution in [0.4, 0.5) is 0 Å². The van der Waals surface area contributed by atoms with E-state index >= 15 is 0 Å². The van der Waals surface area contributed by atoms with E-state index in [9.17, 15) is 4.79 Å². The molecule has 1 aromatic carbocycles. The molecule has 0 aliphatic rings. The Morgan fingerprint density at radius 2 is 1.83 bits per heavy atom. The van der Waals surface area contributed by atoms with Crippen molar-refractivity contribution in [2.75, 3.05) is 6.61 Å². The maximum atomic E-state index is 12.2. The molecule has 0 aromatic heterocycles. The molecule has 2 heteroatoms. The Kier molecular flexibility index (Phi) is 6.48. The summed E-state index contributed by atoms with van der Waals surface area (Å²) in [6.07, 6.45) is 3.17. The first-order chi connectivity index (χ1) is 8.74. The quantitative estimate of drug-likeness (QED) is 0.677. The molecule has 0 bridgehead atoms. The third kappa shape index (κ3) is 3.86. The first kappa shape index (κ1) is 14.7. The predicted molar refractivity (Wildman–Crippen MR) is 74.5 cm³/mol. The van der Waals surface area contributed by atoms with E-state index < -0.39 is 0 Å². The largest absolute Gasteiger partial charge is 0.466 e. The highest BCUT2D eigenvalue weighted by Crippen LogP contribution is 2.31. The molecule has 0 aliphatic heterocycles. The van der Waals surface area contributed by atoms with Crippen LogP contribution >= 0.6 is 0 Å². The number of benzene rings is 1. The molecule has 0 saturated heterocycles. The number of carbonyl (C=O) groups excluding carboxylic acids is 1. The van der Waals surface area contributed by atoms with Crippen LogP contribution in [0, 0.1) is 5.92 Å². The average molecular weight is 248 g/mol. The molecule has 0 saturated carbocycles. The zero-order valence-electron chi connectivity index (χ0n) is 11.7. The molecule has 0 spiro atoms. The second kappa shape index (κ2) is 7.91. The number of ether oxygens (including phenoxy) is 1. The fraction of sp³-hybridized carbons (Fsp3) is 0.562. The highest BCUT2D eigenvalue weighted by molar-refractivity contribution is 5.78. The van der Waals surface area contributed by atoms with Gasteiger partial charge in [0.15, 0.2) is 0 Å². The molecule has 0 heterocycles. The number of rotatable bonds is 7. The van der Waals surface area contributed by atoms with Crippen molar-refractivity contribution in [2.24, 2.45) is 5.92 Å². The molecule has 0 N–H and O–H groups in total. The molecule has 0 aliphatic carbocycles. The van der Waals surface area contributed by atoms with E-state index in [1.54, 1.807) is 0 Å². The second-order valence-corrected chi connectivity index (χ2v) is 4.60. The monoisotopic (exact) mass is 248 g/mol. The van der Waals surface area contributed by atoms with Crippen molar-refractivity contribution in [3.8, 4) is 0 Å². The van der Waals surface area contributed by atoms with Crippen LogP contribution in [0.1, 0.15) is 51.5 Å². The molecule has 2 atom stereocenters. The van der Waals surface area contributed by atoms with Crippen molar-refractivity contribution >= 4 is 5.97 Å². The molecule has 0 radical (unpaired) electrons. The molecular weight excluding hydrogens is 224 g/mol. The smallest absolute Gasteiger partial charge is 0.313 e. The number of carbonyl (C=O) groups is 1. The van der Waals surface area contributed by atoms with Crippen molar-refractivity contribution in [3.63, 3.8) is 0 Å². The van der Waals surface area contributed by atoms with Crippen LogP contribution in [0.25, 0.3) is 0 Å². The summed E-state index contributed by atoms with van der Waals surface area (Å²) in [4.78, 5) is 12.2. The molecule has 100 valence electrons. The van der Waals surface area contributed by atoms with Crippen molar-refractivity contribution < 1.29 is 9.53 Å². The fourth-order valence-corrected chi connectivity index (χ4v) is 2.47. The van der Waals surface area contributed by atoms with E-state index in [-0.39, 0.29) is 11.9 Å². The van der Waals surface area contributed by atoms with Crippen LogP contribution in [0.3, 0.4) is 0 Å². The minimum Gasteiger partial charge on any atom is -0.466 e. The van der Waals surface area contributed by atoms with Crippen LogP contribution in [0.5, 0.6) is 0 Å². The molecular formula is C16H24O2. The highest BCUT2D eigenvalue weighted by Gasteiger charge is 2.29. The Morgan fingerprint density at radius 1 is 1.17 bits per heavy atom. The fourth-order valence-electron chi connectivity index (χ4n) is 2.47. The third-order valence-corrected chi connectivity index (χ3v) is 3.35. The molecule has 2 unspecified atom stereocenters. The van der Waals surface area contributed by atoms with Gasteiger partial charge >= 0.3 is 5.97 Å². The van der Waals surface area contributed by atoms with Crippen LogP contribution < -0.4 is 0 Å². The lowest BCUT2D eigenvalue weighted by Gasteiger charge is -2.24. The minimum atomic E-state index is -0.115. The van der Waals surface area contributed by atoms with Gasteiger partial charge in [0, 0.05) is 0 Å². The maximum absolute atomic E-state index is 12.2. The van der Waals surface area contributed by atoms with Gasteiger partial charge in [0.05, 0.1) is 12.5 Å². The molecule has 0 amide bonds. The van der Waals surface area contributed by atoms with Crippen molar-refractivity contribution in [1.29, 1.82) is 0 Å². The average Bonchev–Trinajstić information content (AvgIpc) is 2.39. The normalized spacial score (nSPS) is 13.9. The van der Waals surface area contributed by atoms with Gasteiger partial charge in [-0.05, 0) is 24.8 Å². The van der Waals surface area contributed by atoms with Crippen LogP contribution in [-0.2, 0) is 9.53 Å². The first-order valence-electron chi connectivity index (χ1n) is 6.96. The lowest BCUT2D eigenvalue weighted by molar-refractivity contribution is -0.146. The SMILES string of the molecule is CCCC(CC)C(C(=O)OCC)c1ccccc1. The summed E-state index contributed by atoms with van der Waals surface area (Å²) in [5.41, 5.74) is 1.08. The van der Waals surface area contributed by atoms with Crippen molar-refractivity contribution in [3.05, 3.63) is 35.9 Å². The van der Waals surface area contributed by atoms with Gasteiger partial charge in [-0.3, -0.25) is 4.79 Å². The number of hydrogen-bond acceptors (Lipinski definition) is 2. The van der Waals surface area contributed by atoms with Crippen LogP contribution in [-0.4, -0.2) is 12.6 Å². The predicted octanol–water partition coefficient (Wildman–Crippen LogP) is 4.16. The van der Waals surface area contributed by atoms with E-state index in [2.05, 4.69) is 13.8 Å². The summed E-state index contributed by atoms with van der Waals surface area (Å²) >= 11 is 0. The molecule has 18 heavy (non-hydrogen) atoms. The van der Waals surface area contributed by atoms with Gasteiger partial charge < -0.3 is 4.74 Å². The van der Waals surface area contributed by atoms with Gasteiger partial charge in [-0.1, -0.05) is 57.0 Å². The Labute approximate surface area is 110 Å². The van der Waals surface area contributed by atoms with Gasteiger partial charge in [-0.15, -0.1) is 0 Å². The Balaban J connectivity index is 2.97. The summed E-state index contributed by atoms with van der Waals surface area (Å²) in [5, 5.41) is 0. The Morgan fingerprint density at radius 3 is 2.33 bits per heavy atom. The lowest BCUT2D eigenvalue weighted by atomic mass is 9.81. The summed E-state index contributed by atoms with van der Waals surface area (Å²) < 4.78 is 5.25. The highest BCUT2D eigenvalue weighted by atomic mass is 16.5. The van der Waals surface area contributed by atoms with Gasteiger partial charge in [-0.2, -0.15) is 0 Å². The van der Waals surface area contributed by atoms with E-state index in [4.69, 9.17) is 4.74 Å². The summed E-state index contributed by atoms with van der Waals surface area (Å²) in [6, 6.07) is 10.0. The van der Waals surface area contributed by atoms with Crippen LogP contribution in [0.2, 0.25) is 0 Å². The Bertz CT molecular complexity index is 345. The lowest BCUT2D eigenvalue weighted by Crippen LogP contribution is -2.23. The number of hydrogen-bond donors (Lipinski definition) is 0. The van der Waals surface area contributed by atoms with Gasteiger partial charge in [0.2, 0.25) is 0 Å². The van der Waals surface area contributed by atoms with E-state index in [1.165, 1.54) is 0 Å². The zero-order valence-corrected chi connectivity index (χ0v) is 11.7. The van der Waals surface area contributed by atoms with Gasteiger partial charge in [-0.25, -0.2) is 0 Å². The zero-order chi connectivity index (χ0) is 13.4. The second-order valence-electron chi connectivity index (χ2n) is 4.60. The molecule has 0 fully saturated rings. The van der Waals surface area contributed by atoms with E-state index in [1.807, 2.05) is 37.3 Å². The van der Waals surface area contributed by atoms with Crippen molar-refractivity contribution in [1.82, 2.24) is 0 Å². The number of esters is 1. The third-order valence-electron chi connectivity index (χ3n) is 3.35. The van der Waals surface area contributed by atoms with Gasteiger partial charge in [0.25, 0.3) is 0 Å². The Hall–Kier alpha value is -1.31. The summed E-state index contributed by atoms with van der Waals surface area (Å²) in [6.45, 7) is 6.62. The first-order valence-corrected chi connectivity index (χ1v) is 6.96. The minimum absolute atomic E-state index is 0.0796. The molecule has 1 aromatic rings. The topological polar surface area (TPSA) is 26.3 Å². The molecule has 1 rings (SSSR count). The summed E-state index contributed by atoms with van der Waals surface area (Å²) in [7, 11) is 0. The standard InChI is InChI=1S/C16H24O2/c1-4-10-13(5-2)15(16(17)18-6-3)14-11-8-7-9-12-14/h7-9,11-13,15H,4-6,10H2,1-3H3. The van der Waals surface area contributed by atoms with E-state index in [0.29, 0.717) is 12.5 Å². The molecule has 2 nitrogen and oxygen atoms in total. The van der Waals surface area contributed by atoms with E-state index in [0.717, 1.165) is 24.8 Å².